The van der Waals surface area contributed by atoms with Gasteiger partial charge in [0.1, 0.15) is 0 Å². The van der Waals surface area contributed by atoms with Crippen molar-refractivity contribution >= 4 is 0 Å². The van der Waals surface area contributed by atoms with Crippen molar-refractivity contribution in [3.8, 4) is 0 Å². The third-order valence-electron chi connectivity index (χ3n) is 3.57. The molecule has 0 amide bonds. The molecule has 0 heterocycles. The van der Waals surface area contributed by atoms with E-state index >= 15 is 0 Å². The van der Waals surface area contributed by atoms with Crippen LogP contribution >= 0.6 is 0 Å². The molecule has 0 bridgehead atoms. The average molecular weight is 290 g/mol. The Hall–Kier alpha value is -1.74. The Labute approximate surface area is 124 Å². The zero-order valence-electron chi connectivity index (χ0n) is 12.3. The van der Waals surface area contributed by atoms with E-state index in [1.807, 2.05) is 12.1 Å². The highest BCUT2D eigenvalue weighted by Crippen LogP contribution is 2.17. The van der Waals surface area contributed by atoms with Crippen molar-refractivity contribution in [1.82, 2.24) is 0 Å². The van der Waals surface area contributed by atoms with E-state index in [1.54, 1.807) is 0 Å². The summed E-state index contributed by atoms with van der Waals surface area (Å²) in [6, 6.07) is 11.9. The van der Waals surface area contributed by atoms with Crippen molar-refractivity contribution in [3.05, 3.63) is 70.8 Å². The summed E-state index contributed by atoms with van der Waals surface area (Å²) < 4.78 is 26.0. The fraction of sp³-hybridized carbons (Fsp3) is 0.333. The number of benzene rings is 2. The van der Waals surface area contributed by atoms with Crippen LogP contribution < -0.4 is 0 Å². The third kappa shape index (κ3) is 4.36. The minimum Gasteiger partial charge on any atom is -0.392 e. The van der Waals surface area contributed by atoms with Gasteiger partial charge < -0.3 is 5.11 Å². The Morgan fingerprint density at radius 1 is 0.857 bits per heavy atom. The molecule has 1 unspecified atom stereocenters. The first-order valence-corrected chi connectivity index (χ1v) is 7.16. The molecule has 0 aliphatic heterocycles. The summed E-state index contributed by atoms with van der Waals surface area (Å²) >= 11 is 0. The summed E-state index contributed by atoms with van der Waals surface area (Å²) in [5.74, 6) is -1.26. The molecule has 0 radical (unpaired) electrons. The molecule has 0 spiro atoms. The fourth-order valence-electron chi connectivity index (χ4n) is 2.32. The fourth-order valence-corrected chi connectivity index (χ4v) is 2.32. The molecule has 2 rings (SSSR count). The summed E-state index contributed by atoms with van der Waals surface area (Å²) in [7, 11) is 0. The van der Waals surface area contributed by atoms with E-state index in [0.29, 0.717) is 24.3 Å². The summed E-state index contributed by atoms with van der Waals surface area (Å²) in [6.45, 7) is 4.26. The summed E-state index contributed by atoms with van der Waals surface area (Å²) in [5, 5.41) is 10.1. The highest BCUT2D eigenvalue weighted by molar-refractivity contribution is 5.25. The highest BCUT2D eigenvalue weighted by Gasteiger charge is 2.10. The van der Waals surface area contributed by atoms with Gasteiger partial charge in [-0.2, -0.15) is 0 Å². The van der Waals surface area contributed by atoms with E-state index in [1.165, 1.54) is 11.6 Å². The van der Waals surface area contributed by atoms with Crippen LogP contribution in [0.4, 0.5) is 8.78 Å². The molecular formula is C18H20F2O. The SMILES string of the molecule is CC(C)c1ccc(CC(O)Cc2ccc(F)c(F)c2)cc1. The van der Waals surface area contributed by atoms with Gasteiger partial charge in [0.2, 0.25) is 0 Å². The Kier molecular flexibility index (Phi) is 5.07. The Morgan fingerprint density at radius 2 is 1.43 bits per heavy atom. The quantitative estimate of drug-likeness (QED) is 0.873. The summed E-state index contributed by atoms with van der Waals surface area (Å²) in [4.78, 5) is 0. The average Bonchev–Trinajstić information content (AvgIpc) is 2.43. The molecule has 1 atom stereocenters. The van der Waals surface area contributed by atoms with Gasteiger partial charge >= 0.3 is 0 Å². The van der Waals surface area contributed by atoms with Gasteiger partial charge in [0.05, 0.1) is 6.10 Å². The first-order chi connectivity index (χ1) is 9.95. The van der Waals surface area contributed by atoms with Gasteiger partial charge in [-0.05, 0) is 47.6 Å². The van der Waals surface area contributed by atoms with Gasteiger partial charge in [-0.3, -0.25) is 0 Å². The van der Waals surface area contributed by atoms with Crippen LogP contribution in [0.2, 0.25) is 0 Å². The number of halogens is 2. The molecule has 2 aromatic carbocycles. The van der Waals surface area contributed by atoms with Crippen LogP contribution in [-0.4, -0.2) is 11.2 Å². The molecule has 21 heavy (non-hydrogen) atoms. The van der Waals surface area contributed by atoms with Crippen molar-refractivity contribution in [2.45, 2.75) is 38.7 Å². The number of aliphatic hydroxyl groups excluding tert-OH is 1. The van der Waals surface area contributed by atoms with Crippen LogP contribution in [0.25, 0.3) is 0 Å². The van der Waals surface area contributed by atoms with Crippen molar-refractivity contribution in [1.29, 1.82) is 0 Å². The molecule has 0 aliphatic rings. The van der Waals surface area contributed by atoms with Gasteiger partial charge in [0.25, 0.3) is 0 Å². The monoisotopic (exact) mass is 290 g/mol. The summed E-state index contributed by atoms with van der Waals surface area (Å²) in [6.07, 6.45) is 0.195. The van der Waals surface area contributed by atoms with Gasteiger partial charge in [-0.1, -0.05) is 44.2 Å². The zero-order chi connectivity index (χ0) is 15.4. The van der Waals surface area contributed by atoms with E-state index in [-0.39, 0.29) is 0 Å². The van der Waals surface area contributed by atoms with Gasteiger partial charge in [0.15, 0.2) is 11.6 Å². The van der Waals surface area contributed by atoms with Gasteiger partial charge in [-0.25, -0.2) is 8.78 Å². The number of hydrogen-bond donors (Lipinski definition) is 1. The predicted octanol–water partition coefficient (Wildman–Crippen LogP) is 4.23. The molecule has 3 heteroatoms. The lowest BCUT2D eigenvalue weighted by Crippen LogP contribution is -2.14. The molecule has 0 aliphatic carbocycles. The second-order valence-corrected chi connectivity index (χ2v) is 5.71. The molecule has 1 N–H and O–H groups in total. The Bertz CT molecular complexity index is 591. The second kappa shape index (κ2) is 6.81. The molecule has 2 aromatic rings. The lowest BCUT2D eigenvalue weighted by Gasteiger charge is -2.12. The molecule has 0 saturated heterocycles. The molecule has 112 valence electrons. The number of aliphatic hydroxyl groups is 1. The van der Waals surface area contributed by atoms with E-state index in [4.69, 9.17) is 0 Å². The maximum absolute atomic E-state index is 13.1. The minimum atomic E-state index is -0.874. The van der Waals surface area contributed by atoms with E-state index in [9.17, 15) is 13.9 Å². The number of hydrogen-bond acceptors (Lipinski definition) is 1. The van der Waals surface area contributed by atoms with Crippen molar-refractivity contribution in [2.24, 2.45) is 0 Å². The molecule has 0 saturated carbocycles. The zero-order valence-corrected chi connectivity index (χ0v) is 12.3. The maximum atomic E-state index is 13.1. The molecule has 0 aromatic heterocycles. The van der Waals surface area contributed by atoms with Crippen LogP contribution in [0.3, 0.4) is 0 Å². The molecule has 0 fully saturated rings. The highest BCUT2D eigenvalue weighted by atomic mass is 19.2. The van der Waals surface area contributed by atoms with Crippen LogP contribution in [0.15, 0.2) is 42.5 Å². The van der Waals surface area contributed by atoms with Crippen LogP contribution in [0.1, 0.15) is 36.5 Å². The van der Waals surface area contributed by atoms with Gasteiger partial charge in [0, 0.05) is 0 Å². The van der Waals surface area contributed by atoms with Crippen LogP contribution in [0, 0.1) is 11.6 Å². The maximum Gasteiger partial charge on any atom is 0.159 e. The summed E-state index contributed by atoms with van der Waals surface area (Å²) in [5.41, 5.74) is 2.89. The van der Waals surface area contributed by atoms with Crippen molar-refractivity contribution < 1.29 is 13.9 Å². The second-order valence-electron chi connectivity index (χ2n) is 5.71. The standard InChI is InChI=1S/C18H20F2O/c1-12(2)15-6-3-13(4-7-15)9-16(21)10-14-5-8-17(19)18(20)11-14/h3-8,11-12,16,21H,9-10H2,1-2H3. The normalized spacial score (nSPS) is 12.7. The third-order valence-corrected chi connectivity index (χ3v) is 3.57. The van der Waals surface area contributed by atoms with Crippen molar-refractivity contribution in [3.63, 3.8) is 0 Å². The van der Waals surface area contributed by atoms with E-state index in [0.717, 1.165) is 17.7 Å². The lowest BCUT2D eigenvalue weighted by atomic mass is 9.97. The Morgan fingerprint density at radius 3 is 2.00 bits per heavy atom. The predicted molar refractivity (Wildman–Crippen MR) is 80.3 cm³/mol. The van der Waals surface area contributed by atoms with Crippen LogP contribution in [-0.2, 0) is 12.8 Å². The minimum absolute atomic E-state index is 0.309. The molecule has 1 nitrogen and oxygen atoms in total. The largest absolute Gasteiger partial charge is 0.392 e. The first-order valence-electron chi connectivity index (χ1n) is 7.16. The smallest absolute Gasteiger partial charge is 0.159 e. The molecular weight excluding hydrogens is 270 g/mol. The topological polar surface area (TPSA) is 20.2 Å². The van der Waals surface area contributed by atoms with Gasteiger partial charge in [-0.15, -0.1) is 0 Å². The Balaban J connectivity index is 1.97. The first kappa shape index (κ1) is 15.6. The number of rotatable bonds is 5. The lowest BCUT2D eigenvalue weighted by molar-refractivity contribution is 0.175. The van der Waals surface area contributed by atoms with Crippen LogP contribution in [0.5, 0.6) is 0 Å². The van der Waals surface area contributed by atoms with E-state index in [2.05, 4.69) is 26.0 Å². The van der Waals surface area contributed by atoms with Crippen molar-refractivity contribution in [2.75, 3.05) is 0 Å². The van der Waals surface area contributed by atoms with E-state index < -0.39 is 17.7 Å².